The summed E-state index contributed by atoms with van der Waals surface area (Å²) in [5, 5.41) is 12.1. The normalized spacial score (nSPS) is 11.3. The topological polar surface area (TPSA) is 110 Å². The Morgan fingerprint density at radius 3 is 2.46 bits per heavy atom. The first-order chi connectivity index (χ1) is 17.7. The average Bonchev–Trinajstić information content (AvgIpc) is 3.28. The zero-order valence-electron chi connectivity index (χ0n) is 19.9. The fourth-order valence-electron chi connectivity index (χ4n) is 3.55. The van der Waals surface area contributed by atoms with E-state index >= 15 is 0 Å². The van der Waals surface area contributed by atoms with E-state index < -0.39 is 18.6 Å². The molecule has 0 unspecified atom stereocenters. The number of anilines is 2. The van der Waals surface area contributed by atoms with E-state index in [2.05, 4.69) is 20.7 Å². The van der Waals surface area contributed by atoms with Crippen molar-refractivity contribution >= 4 is 29.1 Å². The first kappa shape index (κ1) is 25.5. The summed E-state index contributed by atoms with van der Waals surface area (Å²) < 4.78 is 44.2. The van der Waals surface area contributed by atoms with Gasteiger partial charge in [0.2, 0.25) is 5.95 Å². The fourth-order valence-corrected chi connectivity index (χ4v) is 3.55. The highest BCUT2D eigenvalue weighted by Crippen LogP contribution is 2.28. The molecule has 0 aliphatic heterocycles. The Hall–Kier alpha value is -4.61. The maximum atomic E-state index is 12.4. The highest BCUT2D eigenvalue weighted by molar-refractivity contribution is 5.96. The molecule has 0 saturated carbocycles. The Labute approximate surface area is 209 Å². The molecule has 0 bridgehead atoms. The molecule has 12 heteroatoms. The first-order valence-electron chi connectivity index (χ1n) is 11.2. The van der Waals surface area contributed by atoms with Gasteiger partial charge in [-0.1, -0.05) is 12.1 Å². The molecule has 4 rings (SSSR count). The van der Waals surface area contributed by atoms with Gasteiger partial charge >= 0.3 is 6.18 Å². The second-order valence-electron chi connectivity index (χ2n) is 7.93. The van der Waals surface area contributed by atoms with Crippen molar-refractivity contribution in [1.82, 2.24) is 25.2 Å². The molecule has 3 N–H and O–H groups in total. The van der Waals surface area contributed by atoms with E-state index in [0.29, 0.717) is 40.3 Å². The van der Waals surface area contributed by atoms with E-state index in [0.717, 1.165) is 0 Å². The third-order valence-corrected chi connectivity index (χ3v) is 5.29. The van der Waals surface area contributed by atoms with Crippen molar-refractivity contribution in [3.8, 4) is 16.9 Å². The van der Waals surface area contributed by atoms with Crippen molar-refractivity contribution in [3.63, 3.8) is 0 Å². The Morgan fingerprint density at radius 1 is 0.973 bits per heavy atom. The van der Waals surface area contributed by atoms with Crippen LogP contribution in [0.15, 0.2) is 60.8 Å². The van der Waals surface area contributed by atoms with E-state index in [9.17, 15) is 22.8 Å². The SMILES string of the molecule is CCNC(=O)c1ccc(Nc2nc3ccc(-c4cccc(C(=O)NCC(F)(F)F)c4)cn3n2)c(OC)c1. The number of nitrogens with zero attached hydrogens (tertiary/aromatic N) is 3. The number of methoxy groups -OCH3 is 1. The van der Waals surface area contributed by atoms with Crippen LogP contribution < -0.4 is 20.7 Å². The predicted octanol–water partition coefficient (Wildman–Crippen LogP) is 4.19. The molecule has 0 fully saturated rings. The van der Waals surface area contributed by atoms with Gasteiger partial charge in [-0.15, -0.1) is 5.10 Å². The third-order valence-electron chi connectivity index (χ3n) is 5.29. The minimum absolute atomic E-state index is 0.103. The standard InChI is InChI=1S/C25H23F3N6O3/c1-3-29-22(35)17-7-9-19(20(12-17)37-2)31-24-32-21-10-8-18(13-34(21)33-24)15-5-4-6-16(11-15)23(36)30-14-25(26,27)28/h4-13H,3,14H2,1-2H3,(H,29,35)(H,30,36)(H,31,33). The number of ether oxygens (including phenoxy) is 1. The largest absolute Gasteiger partial charge is 0.495 e. The van der Waals surface area contributed by atoms with Gasteiger partial charge in [-0.3, -0.25) is 9.59 Å². The number of carbonyl (C=O) groups excluding carboxylic acids is 2. The molecule has 0 saturated heterocycles. The molecule has 0 aliphatic rings. The molecule has 0 radical (unpaired) electrons. The van der Waals surface area contributed by atoms with E-state index in [-0.39, 0.29) is 17.4 Å². The van der Waals surface area contributed by atoms with Gasteiger partial charge in [0.25, 0.3) is 11.8 Å². The van der Waals surface area contributed by atoms with Crippen molar-refractivity contribution in [3.05, 3.63) is 71.9 Å². The van der Waals surface area contributed by atoms with Crippen molar-refractivity contribution in [2.75, 3.05) is 25.5 Å². The minimum Gasteiger partial charge on any atom is -0.495 e. The van der Waals surface area contributed by atoms with Gasteiger partial charge < -0.3 is 20.7 Å². The molecular formula is C25H23F3N6O3. The quantitative estimate of drug-likeness (QED) is 0.327. The van der Waals surface area contributed by atoms with Crippen LogP contribution in [-0.2, 0) is 0 Å². The lowest BCUT2D eigenvalue weighted by Gasteiger charge is -2.10. The number of halogens is 3. The number of carbonyl (C=O) groups is 2. The lowest BCUT2D eigenvalue weighted by atomic mass is 10.0. The molecule has 2 heterocycles. The fraction of sp³-hybridized carbons (Fsp3) is 0.200. The molecule has 0 spiro atoms. The van der Waals surface area contributed by atoms with E-state index in [1.807, 2.05) is 12.2 Å². The van der Waals surface area contributed by atoms with Gasteiger partial charge in [-0.2, -0.15) is 18.2 Å². The van der Waals surface area contributed by atoms with Crippen LogP contribution in [0.1, 0.15) is 27.6 Å². The molecule has 0 atom stereocenters. The summed E-state index contributed by atoms with van der Waals surface area (Å²) in [6.45, 7) is 0.928. The Bertz CT molecular complexity index is 1450. The second-order valence-corrected chi connectivity index (χ2v) is 7.93. The second kappa shape index (κ2) is 10.6. The van der Waals surface area contributed by atoms with Crippen molar-refractivity contribution < 1.29 is 27.5 Å². The van der Waals surface area contributed by atoms with Crippen LogP contribution in [0.2, 0.25) is 0 Å². The summed E-state index contributed by atoms with van der Waals surface area (Å²) in [6, 6.07) is 14.7. The van der Waals surface area contributed by atoms with Gasteiger partial charge in [0.05, 0.1) is 12.8 Å². The summed E-state index contributed by atoms with van der Waals surface area (Å²) in [7, 11) is 1.49. The molecule has 37 heavy (non-hydrogen) atoms. The maximum Gasteiger partial charge on any atom is 0.405 e. The molecule has 0 aliphatic carbocycles. The van der Waals surface area contributed by atoms with Gasteiger partial charge in [0, 0.05) is 29.4 Å². The predicted molar refractivity (Wildman–Crippen MR) is 131 cm³/mol. The zero-order chi connectivity index (χ0) is 26.6. The lowest BCUT2D eigenvalue weighted by Crippen LogP contribution is -2.33. The summed E-state index contributed by atoms with van der Waals surface area (Å²) in [5.74, 6) is -0.322. The van der Waals surface area contributed by atoms with Crippen LogP contribution in [0.4, 0.5) is 24.8 Å². The Balaban J connectivity index is 1.55. The van der Waals surface area contributed by atoms with Crippen molar-refractivity contribution in [2.24, 2.45) is 0 Å². The number of hydrogen-bond donors (Lipinski definition) is 3. The minimum atomic E-state index is -4.49. The molecular weight excluding hydrogens is 489 g/mol. The summed E-state index contributed by atoms with van der Waals surface area (Å²) in [4.78, 5) is 28.7. The highest BCUT2D eigenvalue weighted by Gasteiger charge is 2.28. The van der Waals surface area contributed by atoms with E-state index in [1.165, 1.54) is 23.8 Å². The summed E-state index contributed by atoms with van der Waals surface area (Å²) >= 11 is 0. The van der Waals surface area contributed by atoms with Crippen LogP contribution >= 0.6 is 0 Å². The molecule has 2 aromatic heterocycles. The van der Waals surface area contributed by atoms with Gasteiger partial charge in [0.15, 0.2) is 5.65 Å². The lowest BCUT2D eigenvalue weighted by molar-refractivity contribution is -0.123. The number of benzene rings is 2. The number of nitrogens with one attached hydrogen (secondary N) is 3. The van der Waals surface area contributed by atoms with Crippen molar-refractivity contribution in [2.45, 2.75) is 13.1 Å². The number of amides is 2. The number of pyridine rings is 1. The Kier molecular flexibility index (Phi) is 7.27. The number of alkyl halides is 3. The first-order valence-corrected chi connectivity index (χ1v) is 11.2. The van der Waals surface area contributed by atoms with E-state index in [4.69, 9.17) is 4.74 Å². The molecule has 192 valence electrons. The molecule has 2 amide bonds. The zero-order valence-corrected chi connectivity index (χ0v) is 19.9. The van der Waals surface area contributed by atoms with Crippen LogP contribution in [0, 0.1) is 0 Å². The van der Waals surface area contributed by atoms with Crippen LogP contribution in [0.3, 0.4) is 0 Å². The maximum absolute atomic E-state index is 12.4. The highest BCUT2D eigenvalue weighted by atomic mass is 19.4. The average molecular weight is 512 g/mol. The molecule has 4 aromatic rings. The summed E-state index contributed by atoms with van der Waals surface area (Å²) in [5.41, 5.74) is 2.94. The van der Waals surface area contributed by atoms with Crippen LogP contribution in [0.5, 0.6) is 5.75 Å². The van der Waals surface area contributed by atoms with E-state index in [1.54, 1.807) is 48.7 Å². The monoisotopic (exact) mass is 512 g/mol. The number of hydrogen-bond acceptors (Lipinski definition) is 6. The number of fused-ring (bicyclic) bond motifs is 1. The van der Waals surface area contributed by atoms with Crippen LogP contribution in [-0.4, -0.2) is 52.8 Å². The van der Waals surface area contributed by atoms with Gasteiger partial charge in [-0.25, -0.2) is 4.52 Å². The van der Waals surface area contributed by atoms with Crippen LogP contribution in [0.25, 0.3) is 16.8 Å². The Morgan fingerprint density at radius 2 is 1.73 bits per heavy atom. The smallest absolute Gasteiger partial charge is 0.405 e. The van der Waals surface area contributed by atoms with Gasteiger partial charge in [-0.05, 0) is 55.0 Å². The molecule has 9 nitrogen and oxygen atoms in total. The summed E-state index contributed by atoms with van der Waals surface area (Å²) in [6.07, 6.45) is -2.80. The third kappa shape index (κ3) is 6.15. The van der Waals surface area contributed by atoms with Crippen molar-refractivity contribution in [1.29, 1.82) is 0 Å². The van der Waals surface area contributed by atoms with Gasteiger partial charge in [0.1, 0.15) is 12.3 Å². The number of rotatable bonds is 8. The molecule has 2 aromatic carbocycles. The number of aromatic nitrogens is 3.